The summed E-state index contributed by atoms with van der Waals surface area (Å²) in [5.41, 5.74) is 0. The third-order valence-electron chi connectivity index (χ3n) is 3.40. The Labute approximate surface area is 93.5 Å². The zero-order valence-electron chi connectivity index (χ0n) is 10.00. The summed E-state index contributed by atoms with van der Waals surface area (Å²) in [6.45, 7) is 4.58. The highest BCUT2D eigenvalue weighted by Gasteiger charge is 2.17. The molecule has 1 aliphatic heterocycles. The Hall–Kier alpha value is -0.590. The van der Waals surface area contributed by atoms with Crippen LogP contribution in [0.3, 0.4) is 0 Å². The van der Waals surface area contributed by atoms with E-state index in [0.29, 0.717) is 6.04 Å². The Bertz CT molecular complexity index is 209. The fourth-order valence-electron chi connectivity index (χ4n) is 2.23. The predicted octanol–water partition coefficient (Wildman–Crippen LogP) is 1.75. The van der Waals surface area contributed by atoms with Crippen molar-refractivity contribution in [1.82, 2.24) is 10.2 Å². The molecule has 0 amide bonds. The summed E-state index contributed by atoms with van der Waals surface area (Å²) in [7, 11) is 1.86. The largest absolute Gasteiger partial charge is 0.305 e. The smallest absolute Gasteiger partial charge is 0.0962 e. The van der Waals surface area contributed by atoms with Crippen LogP contribution in [-0.2, 0) is 0 Å². The first kappa shape index (κ1) is 12.5. The van der Waals surface area contributed by atoms with Gasteiger partial charge in [0, 0.05) is 12.6 Å². The number of hydrogen-bond acceptors (Lipinski definition) is 3. The van der Waals surface area contributed by atoms with E-state index in [4.69, 9.17) is 5.26 Å². The van der Waals surface area contributed by atoms with Crippen LogP contribution in [0.5, 0.6) is 0 Å². The van der Waals surface area contributed by atoms with E-state index in [1.807, 2.05) is 7.05 Å². The molecule has 2 unspecified atom stereocenters. The van der Waals surface area contributed by atoms with Crippen molar-refractivity contribution in [2.45, 2.75) is 51.1 Å². The minimum atomic E-state index is 0.0143. The Morgan fingerprint density at radius 3 is 2.93 bits per heavy atom. The Kier molecular flexibility index (Phi) is 5.67. The van der Waals surface area contributed by atoms with Gasteiger partial charge in [0.15, 0.2) is 0 Å². The molecular formula is C12H23N3. The minimum absolute atomic E-state index is 0.0143. The highest BCUT2D eigenvalue weighted by atomic mass is 15.1. The zero-order valence-corrected chi connectivity index (χ0v) is 10.00. The van der Waals surface area contributed by atoms with Gasteiger partial charge in [-0.25, -0.2) is 0 Å². The van der Waals surface area contributed by atoms with Crippen molar-refractivity contribution < 1.29 is 0 Å². The molecule has 0 aromatic heterocycles. The van der Waals surface area contributed by atoms with Crippen LogP contribution in [0.2, 0.25) is 0 Å². The summed E-state index contributed by atoms with van der Waals surface area (Å²) < 4.78 is 0. The fraction of sp³-hybridized carbons (Fsp3) is 0.917. The maximum absolute atomic E-state index is 8.85. The standard InChI is InChI=1S/C12H23N3/c1-11-6-4-3-5-8-15(11)9-7-12(10-13)14-2/h11-12,14H,3-9H2,1-2H3. The maximum atomic E-state index is 8.85. The molecule has 3 heteroatoms. The average molecular weight is 209 g/mol. The molecule has 1 heterocycles. The summed E-state index contributed by atoms with van der Waals surface area (Å²) in [5, 5.41) is 11.9. The molecule has 3 nitrogen and oxygen atoms in total. The van der Waals surface area contributed by atoms with E-state index in [9.17, 15) is 0 Å². The van der Waals surface area contributed by atoms with Crippen molar-refractivity contribution in [3.8, 4) is 6.07 Å². The minimum Gasteiger partial charge on any atom is -0.305 e. The van der Waals surface area contributed by atoms with Crippen LogP contribution in [0, 0.1) is 11.3 Å². The summed E-state index contributed by atoms with van der Waals surface area (Å²) in [4.78, 5) is 2.54. The second kappa shape index (κ2) is 6.81. The third-order valence-corrected chi connectivity index (χ3v) is 3.40. The van der Waals surface area contributed by atoms with Crippen molar-refractivity contribution in [1.29, 1.82) is 5.26 Å². The number of nitriles is 1. The first-order valence-corrected chi connectivity index (χ1v) is 6.09. The molecule has 1 rings (SSSR count). The van der Waals surface area contributed by atoms with Crippen LogP contribution < -0.4 is 5.32 Å². The second-order valence-corrected chi connectivity index (χ2v) is 4.49. The molecule has 1 saturated heterocycles. The molecule has 0 radical (unpaired) electrons. The van der Waals surface area contributed by atoms with Crippen LogP contribution in [-0.4, -0.2) is 37.1 Å². The van der Waals surface area contributed by atoms with Crippen LogP contribution in [0.1, 0.15) is 39.0 Å². The van der Waals surface area contributed by atoms with Crippen LogP contribution in [0.4, 0.5) is 0 Å². The molecule has 0 bridgehead atoms. The lowest BCUT2D eigenvalue weighted by Gasteiger charge is -2.27. The van der Waals surface area contributed by atoms with Crippen molar-refractivity contribution in [3.63, 3.8) is 0 Å². The van der Waals surface area contributed by atoms with E-state index in [0.717, 1.165) is 13.0 Å². The highest BCUT2D eigenvalue weighted by Crippen LogP contribution is 2.16. The van der Waals surface area contributed by atoms with Gasteiger partial charge in [-0.3, -0.25) is 0 Å². The fourth-order valence-corrected chi connectivity index (χ4v) is 2.23. The molecule has 0 spiro atoms. The number of nitrogens with one attached hydrogen (secondary N) is 1. The van der Waals surface area contributed by atoms with Crippen molar-refractivity contribution in [3.05, 3.63) is 0 Å². The summed E-state index contributed by atoms with van der Waals surface area (Å²) >= 11 is 0. The molecule has 1 fully saturated rings. The lowest BCUT2D eigenvalue weighted by atomic mass is 10.1. The SMILES string of the molecule is CNC(C#N)CCN1CCCCCC1C. The highest BCUT2D eigenvalue weighted by molar-refractivity contribution is 4.89. The van der Waals surface area contributed by atoms with Crippen molar-refractivity contribution in [2.75, 3.05) is 20.1 Å². The molecule has 0 aliphatic carbocycles. The molecule has 15 heavy (non-hydrogen) atoms. The van der Waals surface area contributed by atoms with Gasteiger partial charge in [0.1, 0.15) is 0 Å². The van der Waals surface area contributed by atoms with Crippen LogP contribution in [0.15, 0.2) is 0 Å². The number of hydrogen-bond donors (Lipinski definition) is 1. The maximum Gasteiger partial charge on any atom is 0.0962 e. The number of nitrogens with zero attached hydrogens (tertiary/aromatic N) is 2. The van der Waals surface area contributed by atoms with Gasteiger partial charge in [0.2, 0.25) is 0 Å². The van der Waals surface area contributed by atoms with E-state index in [-0.39, 0.29) is 6.04 Å². The summed E-state index contributed by atoms with van der Waals surface area (Å²) in [5.74, 6) is 0. The van der Waals surface area contributed by atoms with Gasteiger partial charge in [0.25, 0.3) is 0 Å². The van der Waals surface area contributed by atoms with Gasteiger partial charge in [-0.1, -0.05) is 12.8 Å². The first-order valence-electron chi connectivity index (χ1n) is 6.09. The summed E-state index contributed by atoms with van der Waals surface area (Å²) in [6.07, 6.45) is 6.31. The lowest BCUT2D eigenvalue weighted by molar-refractivity contribution is 0.207. The van der Waals surface area contributed by atoms with Gasteiger partial charge in [0.05, 0.1) is 12.1 Å². The van der Waals surface area contributed by atoms with Gasteiger partial charge < -0.3 is 10.2 Å². The van der Waals surface area contributed by atoms with Gasteiger partial charge in [-0.05, 0) is 39.8 Å². The van der Waals surface area contributed by atoms with Crippen molar-refractivity contribution in [2.24, 2.45) is 0 Å². The molecule has 1 aliphatic rings. The molecule has 86 valence electrons. The van der Waals surface area contributed by atoms with E-state index in [1.54, 1.807) is 0 Å². The Morgan fingerprint density at radius 2 is 2.27 bits per heavy atom. The van der Waals surface area contributed by atoms with Crippen LogP contribution in [0.25, 0.3) is 0 Å². The van der Waals surface area contributed by atoms with E-state index < -0.39 is 0 Å². The van der Waals surface area contributed by atoms with Crippen molar-refractivity contribution >= 4 is 0 Å². The lowest BCUT2D eigenvalue weighted by Crippen LogP contribution is -2.36. The molecular weight excluding hydrogens is 186 g/mol. The number of rotatable bonds is 4. The number of likely N-dealkylation sites (tertiary alicyclic amines) is 1. The van der Waals surface area contributed by atoms with E-state index >= 15 is 0 Å². The van der Waals surface area contributed by atoms with Crippen LogP contribution >= 0.6 is 0 Å². The quantitative estimate of drug-likeness (QED) is 0.766. The second-order valence-electron chi connectivity index (χ2n) is 4.49. The van der Waals surface area contributed by atoms with Gasteiger partial charge in [-0.15, -0.1) is 0 Å². The molecule has 0 aromatic carbocycles. The Balaban J connectivity index is 2.32. The molecule has 0 saturated carbocycles. The predicted molar refractivity (Wildman–Crippen MR) is 62.6 cm³/mol. The average Bonchev–Trinajstić information content (AvgIpc) is 2.45. The topological polar surface area (TPSA) is 39.1 Å². The van der Waals surface area contributed by atoms with E-state index in [1.165, 1.54) is 32.2 Å². The first-order chi connectivity index (χ1) is 7.27. The molecule has 2 atom stereocenters. The molecule has 0 aromatic rings. The van der Waals surface area contributed by atoms with Gasteiger partial charge >= 0.3 is 0 Å². The zero-order chi connectivity index (χ0) is 11.1. The van der Waals surface area contributed by atoms with E-state index in [2.05, 4.69) is 23.2 Å². The summed E-state index contributed by atoms with van der Waals surface area (Å²) in [6, 6.07) is 3.00. The normalized spacial score (nSPS) is 25.5. The third kappa shape index (κ3) is 4.19. The molecule has 1 N–H and O–H groups in total. The van der Waals surface area contributed by atoms with Gasteiger partial charge in [-0.2, -0.15) is 5.26 Å². The Morgan fingerprint density at radius 1 is 1.47 bits per heavy atom. The monoisotopic (exact) mass is 209 g/mol.